The van der Waals surface area contributed by atoms with E-state index in [-0.39, 0.29) is 24.3 Å². The van der Waals surface area contributed by atoms with E-state index in [4.69, 9.17) is 9.47 Å². The molecule has 1 aliphatic heterocycles. The number of hydrogen-bond acceptors (Lipinski definition) is 4. The average molecular weight is 391 g/mol. The van der Waals surface area contributed by atoms with Gasteiger partial charge in [0.05, 0.1) is 11.8 Å². The second-order valence-electron chi connectivity index (χ2n) is 8.94. The van der Waals surface area contributed by atoms with E-state index in [1.807, 2.05) is 57.7 Å². The van der Waals surface area contributed by atoms with Crippen molar-refractivity contribution in [2.45, 2.75) is 91.0 Å². The van der Waals surface area contributed by atoms with Crippen molar-refractivity contribution in [1.29, 1.82) is 0 Å². The van der Waals surface area contributed by atoms with Crippen LogP contribution in [-0.2, 0) is 9.53 Å². The number of hydrogen-bond donors (Lipinski definition) is 1. The zero-order chi connectivity index (χ0) is 21.1. The van der Waals surface area contributed by atoms with E-state index in [0.29, 0.717) is 23.8 Å². The second kappa shape index (κ2) is 8.84. The van der Waals surface area contributed by atoms with Crippen LogP contribution in [0.4, 0.5) is 10.5 Å². The highest BCUT2D eigenvalue weighted by Gasteiger charge is 2.37. The smallest absolute Gasteiger partial charge is 0.410 e. The van der Waals surface area contributed by atoms with Gasteiger partial charge in [0.15, 0.2) is 0 Å². The maximum absolute atomic E-state index is 12.6. The summed E-state index contributed by atoms with van der Waals surface area (Å²) in [4.78, 5) is 25.3. The lowest BCUT2D eigenvalue weighted by atomic mass is 9.82. The quantitative estimate of drug-likeness (QED) is 0.724. The molecule has 28 heavy (non-hydrogen) atoms. The predicted molar refractivity (Wildman–Crippen MR) is 111 cm³/mol. The molecule has 1 N–H and O–H groups in total. The first kappa shape index (κ1) is 22.1. The van der Waals surface area contributed by atoms with Crippen LogP contribution in [0.15, 0.2) is 18.2 Å². The van der Waals surface area contributed by atoms with Crippen LogP contribution in [0, 0.1) is 0 Å². The highest BCUT2D eigenvalue weighted by atomic mass is 16.6. The van der Waals surface area contributed by atoms with Crippen molar-refractivity contribution in [3.05, 3.63) is 23.8 Å². The fraction of sp³-hybridized carbons (Fsp3) is 0.636. The number of benzene rings is 1. The molecular formula is C22H34N2O4. The van der Waals surface area contributed by atoms with Crippen molar-refractivity contribution in [2.75, 3.05) is 5.32 Å². The normalized spacial score (nSPS) is 22.7. The van der Waals surface area contributed by atoms with Gasteiger partial charge in [0.2, 0.25) is 6.41 Å². The molecule has 2 atom stereocenters. The molecule has 156 valence electrons. The summed E-state index contributed by atoms with van der Waals surface area (Å²) in [6.45, 7) is 13.7. The Bertz CT molecular complexity index is 684. The Balaban J connectivity index is 2.19. The number of ether oxygens (including phenoxy) is 2. The molecule has 0 saturated carbocycles. The number of nitrogens with one attached hydrogen (secondary N) is 1. The fourth-order valence-electron chi connectivity index (χ4n) is 3.86. The first-order valence-electron chi connectivity index (χ1n) is 10.0. The van der Waals surface area contributed by atoms with E-state index < -0.39 is 5.60 Å². The van der Waals surface area contributed by atoms with Gasteiger partial charge in [-0.05, 0) is 84.9 Å². The van der Waals surface area contributed by atoms with Crippen LogP contribution in [0.2, 0.25) is 0 Å². The minimum absolute atomic E-state index is 0.00863. The van der Waals surface area contributed by atoms with Gasteiger partial charge in [0.25, 0.3) is 0 Å². The van der Waals surface area contributed by atoms with E-state index in [1.54, 1.807) is 0 Å². The lowest BCUT2D eigenvalue weighted by Crippen LogP contribution is -2.51. The van der Waals surface area contributed by atoms with Gasteiger partial charge in [-0.15, -0.1) is 0 Å². The van der Waals surface area contributed by atoms with Gasteiger partial charge in [0, 0.05) is 12.1 Å². The number of anilines is 1. The summed E-state index contributed by atoms with van der Waals surface area (Å²) in [6, 6.07) is 6.08. The molecule has 6 nitrogen and oxygen atoms in total. The van der Waals surface area contributed by atoms with Crippen molar-refractivity contribution >= 4 is 18.2 Å². The number of likely N-dealkylation sites (tertiary alicyclic amines) is 1. The number of amides is 2. The Labute approximate surface area is 168 Å². The van der Waals surface area contributed by atoms with Gasteiger partial charge in [-0.3, -0.25) is 4.79 Å². The lowest BCUT2D eigenvalue weighted by Gasteiger charge is -2.43. The topological polar surface area (TPSA) is 67.9 Å². The third kappa shape index (κ3) is 5.63. The fourth-order valence-corrected chi connectivity index (χ4v) is 3.86. The molecule has 1 aromatic rings. The van der Waals surface area contributed by atoms with E-state index in [1.165, 1.54) is 0 Å². The highest BCUT2D eigenvalue weighted by Crippen LogP contribution is 2.38. The summed E-state index contributed by atoms with van der Waals surface area (Å²) in [5.41, 5.74) is 1.33. The van der Waals surface area contributed by atoms with Gasteiger partial charge in [-0.2, -0.15) is 0 Å². The summed E-state index contributed by atoms with van der Waals surface area (Å²) >= 11 is 0. The maximum Gasteiger partial charge on any atom is 0.410 e. The van der Waals surface area contributed by atoms with Crippen LogP contribution in [0.5, 0.6) is 5.75 Å². The van der Waals surface area contributed by atoms with Crippen LogP contribution in [0.1, 0.15) is 72.8 Å². The van der Waals surface area contributed by atoms with Gasteiger partial charge in [-0.1, -0.05) is 6.07 Å². The molecule has 2 rings (SSSR count). The van der Waals surface area contributed by atoms with E-state index >= 15 is 0 Å². The Morgan fingerprint density at radius 3 is 2.32 bits per heavy atom. The van der Waals surface area contributed by atoms with Crippen molar-refractivity contribution in [2.24, 2.45) is 0 Å². The first-order valence-corrected chi connectivity index (χ1v) is 10.0. The lowest BCUT2D eigenvalue weighted by molar-refractivity contribution is -0.105. The molecule has 1 aromatic carbocycles. The Hall–Kier alpha value is -2.24. The molecule has 6 heteroatoms. The Morgan fingerprint density at radius 2 is 1.82 bits per heavy atom. The molecule has 1 aliphatic rings. The summed E-state index contributed by atoms with van der Waals surface area (Å²) in [5, 5.41) is 2.70. The molecule has 0 radical (unpaired) electrons. The molecule has 0 bridgehead atoms. The van der Waals surface area contributed by atoms with Crippen LogP contribution in [-0.4, -0.2) is 41.2 Å². The number of carbonyl (C=O) groups excluding carboxylic acids is 2. The first-order chi connectivity index (χ1) is 13.0. The molecule has 1 saturated heterocycles. The summed E-state index contributed by atoms with van der Waals surface area (Å²) < 4.78 is 11.5. The molecule has 1 heterocycles. The zero-order valence-corrected chi connectivity index (χ0v) is 18.1. The van der Waals surface area contributed by atoms with Crippen molar-refractivity contribution < 1.29 is 19.1 Å². The molecule has 0 spiro atoms. The molecular weight excluding hydrogens is 356 g/mol. The summed E-state index contributed by atoms with van der Waals surface area (Å²) in [7, 11) is 0. The third-order valence-electron chi connectivity index (χ3n) is 4.86. The van der Waals surface area contributed by atoms with Crippen LogP contribution < -0.4 is 10.1 Å². The van der Waals surface area contributed by atoms with Crippen LogP contribution in [0.25, 0.3) is 0 Å². The van der Waals surface area contributed by atoms with Gasteiger partial charge >= 0.3 is 6.09 Å². The summed E-state index contributed by atoms with van der Waals surface area (Å²) in [6.07, 6.45) is 2.12. The standard InChI is InChI=1S/C22H34N2O4/c1-14(2)27-20-12-17(8-9-19(20)23-13-25)18-10-15(3)24(16(4)11-18)21(26)28-22(5,6)7/h8-9,12-16,18H,10-11H2,1-7H3,(H,23,25). The van der Waals surface area contributed by atoms with Gasteiger partial charge < -0.3 is 19.7 Å². The molecule has 0 aromatic heterocycles. The maximum atomic E-state index is 12.6. The number of rotatable bonds is 5. The largest absolute Gasteiger partial charge is 0.489 e. The second-order valence-corrected chi connectivity index (χ2v) is 8.94. The van der Waals surface area contributed by atoms with Crippen molar-refractivity contribution in [3.8, 4) is 5.75 Å². The van der Waals surface area contributed by atoms with E-state index in [9.17, 15) is 9.59 Å². The van der Waals surface area contributed by atoms with Crippen LogP contribution in [0.3, 0.4) is 0 Å². The minimum atomic E-state index is -0.502. The Kier molecular flexibility index (Phi) is 6.96. The SMILES string of the molecule is CC(C)Oc1cc(C2CC(C)N(C(=O)OC(C)(C)C)C(C)C2)ccc1NC=O. The number of piperidine rings is 1. The molecule has 1 fully saturated rings. The van der Waals surface area contributed by atoms with Crippen LogP contribution >= 0.6 is 0 Å². The van der Waals surface area contributed by atoms with Crippen molar-refractivity contribution in [1.82, 2.24) is 4.90 Å². The minimum Gasteiger partial charge on any atom is -0.489 e. The monoisotopic (exact) mass is 390 g/mol. The summed E-state index contributed by atoms with van der Waals surface area (Å²) in [5.74, 6) is 0.984. The van der Waals surface area contributed by atoms with Gasteiger partial charge in [-0.25, -0.2) is 4.79 Å². The number of nitrogens with zero attached hydrogens (tertiary/aromatic N) is 1. The molecule has 2 unspecified atom stereocenters. The highest BCUT2D eigenvalue weighted by molar-refractivity contribution is 5.75. The van der Waals surface area contributed by atoms with E-state index in [0.717, 1.165) is 18.4 Å². The van der Waals surface area contributed by atoms with E-state index in [2.05, 4.69) is 19.2 Å². The zero-order valence-electron chi connectivity index (χ0n) is 18.1. The molecule has 0 aliphatic carbocycles. The average Bonchev–Trinajstić information content (AvgIpc) is 2.53. The Morgan fingerprint density at radius 1 is 1.21 bits per heavy atom. The number of carbonyl (C=O) groups is 2. The predicted octanol–water partition coefficient (Wildman–Crippen LogP) is 4.93. The third-order valence-corrected chi connectivity index (χ3v) is 4.86. The molecule has 2 amide bonds. The van der Waals surface area contributed by atoms with Crippen molar-refractivity contribution in [3.63, 3.8) is 0 Å². The van der Waals surface area contributed by atoms with Gasteiger partial charge in [0.1, 0.15) is 11.4 Å².